The standard InChI is InChI=1S/C26H38O2/c1-9-26(8,20-10-12-22(27)18(14-20)16-24(2,3)4)21-11-13-23(28)19(15-21)17-25(5,6)7/h10-15,27-28H,9,16-17H2,1-8H3. The molecule has 2 heteroatoms. The van der Waals surface area contributed by atoms with Gasteiger partial charge in [-0.25, -0.2) is 0 Å². The molecule has 2 aromatic rings. The predicted molar refractivity (Wildman–Crippen MR) is 119 cm³/mol. The van der Waals surface area contributed by atoms with Crippen molar-refractivity contribution in [1.29, 1.82) is 0 Å². The Hall–Kier alpha value is -1.96. The first-order chi connectivity index (χ1) is 12.7. The Balaban J connectivity index is 2.53. The van der Waals surface area contributed by atoms with E-state index in [9.17, 15) is 10.2 Å². The van der Waals surface area contributed by atoms with Crippen molar-refractivity contribution in [2.45, 2.75) is 80.1 Å². The molecule has 0 aromatic heterocycles. The predicted octanol–water partition coefficient (Wildman–Crippen LogP) is 6.99. The van der Waals surface area contributed by atoms with Crippen LogP contribution in [0.5, 0.6) is 11.5 Å². The molecular formula is C26H38O2. The van der Waals surface area contributed by atoms with Gasteiger partial charge in [-0.2, -0.15) is 0 Å². The second kappa shape index (κ2) is 7.81. The fraction of sp³-hybridized carbons (Fsp3) is 0.538. The molecule has 0 spiro atoms. The first-order valence-electron chi connectivity index (χ1n) is 10.4. The molecule has 0 saturated carbocycles. The number of benzene rings is 2. The quantitative estimate of drug-likeness (QED) is 0.585. The lowest BCUT2D eigenvalue weighted by Gasteiger charge is -2.32. The first-order valence-corrected chi connectivity index (χ1v) is 10.4. The Labute approximate surface area is 171 Å². The minimum absolute atomic E-state index is 0.108. The van der Waals surface area contributed by atoms with Gasteiger partial charge in [0.1, 0.15) is 11.5 Å². The zero-order valence-electron chi connectivity index (χ0n) is 19.0. The summed E-state index contributed by atoms with van der Waals surface area (Å²) in [6.45, 7) is 17.6. The maximum Gasteiger partial charge on any atom is 0.118 e. The Morgan fingerprint density at radius 3 is 1.29 bits per heavy atom. The van der Waals surface area contributed by atoms with Gasteiger partial charge in [-0.15, -0.1) is 0 Å². The number of aromatic hydroxyl groups is 2. The molecule has 0 bridgehead atoms. The lowest BCUT2D eigenvalue weighted by molar-refractivity contribution is 0.392. The van der Waals surface area contributed by atoms with Crippen molar-refractivity contribution >= 4 is 0 Å². The smallest absolute Gasteiger partial charge is 0.118 e. The zero-order valence-corrected chi connectivity index (χ0v) is 19.0. The highest BCUT2D eigenvalue weighted by molar-refractivity contribution is 5.48. The van der Waals surface area contributed by atoms with Gasteiger partial charge in [-0.05, 0) is 64.5 Å². The van der Waals surface area contributed by atoms with Crippen LogP contribution in [0.25, 0.3) is 0 Å². The van der Waals surface area contributed by atoms with E-state index in [-0.39, 0.29) is 16.2 Å². The molecule has 2 rings (SSSR count). The van der Waals surface area contributed by atoms with Crippen LogP contribution in [-0.4, -0.2) is 10.2 Å². The van der Waals surface area contributed by atoms with Crippen molar-refractivity contribution in [3.8, 4) is 11.5 Å². The van der Waals surface area contributed by atoms with Crippen molar-refractivity contribution in [3.63, 3.8) is 0 Å². The number of hydrogen-bond donors (Lipinski definition) is 2. The largest absolute Gasteiger partial charge is 0.508 e. The molecule has 0 aliphatic carbocycles. The van der Waals surface area contributed by atoms with Crippen LogP contribution in [0, 0.1) is 10.8 Å². The summed E-state index contributed by atoms with van der Waals surface area (Å²) in [7, 11) is 0. The highest BCUT2D eigenvalue weighted by Gasteiger charge is 2.29. The average molecular weight is 383 g/mol. The Morgan fingerprint density at radius 2 is 1.00 bits per heavy atom. The molecule has 2 nitrogen and oxygen atoms in total. The van der Waals surface area contributed by atoms with Gasteiger partial charge in [0, 0.05) is 5.41 Å². The molecule has 154 valence electrons. The van der Waals surface area contributed by atoms with E-state index in [0.29, 0.717) is 11.5 Å². The molecule has 2 N–H and O–H groups in total. The molecule has 0 unspecified atom stereocenters. The molecule has 0 fully saturated rings. The van der Waals surface area contributed by atoms with Crippen molar-refractivity contribution in [2.75, 3.05) is 0 Å². The zero-order chi connectivity index (χ0) is 21.3. The summed E-state index contributed by atoms with van der Waals surface area (Å²) in [5, 5.41) is 20.8. The molecule has 0 heterocycles. The second-order valence-corrected chi connectivity index (χ2v) is 10.8. The summed E-state index contributed by atoms with van der Waals surface area (Å²) in [4.78, 5) is 0. The molecule has 0 saturated heterocycles. The van der Waals surface area contributed by atoms with Gasteiger partial charge >= 0.3 is 0 Å². The van der Waals surface area contributed by atoms with Gasteiger partial charge in [0.05, 0.1) is 0 Å². The molecule has 0 amide bonds. The van der Waals surface area contributed by atoms with Crippen molar-refractivity contribution in [2.24, 2.45) is 10.8 Å². The van der Waals surface area contributed by atoms with Gasteiger partial charge in [0.15, 0.2) is 0 Å². The van der Waals surface area contributed by atoms with E-state index in [1.807, 2.05) is 24.3 Å². The van der Waals surface area contributed by atoms with Crippen molar-refractivity contribution in [3.05, 3.63) is 58.7 Å². The van der Waals surface area contributed by atoms with Crippen LogP contribution in [0.1, 0.15) is 84.1 Å². The second-order valence-electron chi connectivity index (χ2n) is 10.8. The number of rotatable bonds is 5. The maximum absolute atomic E-state index is 10.4. The Bertz CT molecular complexity index is 754. The molecule has 0 aliphatic heterocycles. The summed E-state index contributed by atoms with van der Waals surface area (Å²) >= 11 is 0. The van der Waals surface area contributed by atoms with E-state index >= 15 is 0 Å². The van der Waals surface area contributed by atoms with Crippen LogP contribution in [0.2, 0.25) is 0 Å². The maximum atomic E-state index is 10.4. The van der Waals surface area contributed by atoms with Crippen molar-refractivity contribution < 1.29 is 10.2 Å². The summed E-state index contributed by atoms with van der Waals surface area (Å²) in [5.41, 5.74) is 4.45. The van der Waals surface area contributed by atoms with Crippen LogP contribution < -0.4 is 0 Å². The Morgan fingerprint density at radius 1 is 0.643 bits per heavy atom. The lowest BCUT2D eigenvalue weighted by Crippen LogP contribution is -2.23. The van der Waals surface area contributed by atoms with Crippen LogP contribution >= 0.6 is 0 Å². The van der Waals surface area contributed by atoms with Gasteiger partial charge in [0.2, 0.25) is 0 Å². The van der Waals surface area contributed by atoms with E-state index < -0.39 is 0 Å². The van der Waals surface area contributed by atoms with Gasteiger partial charge in [0.25, 0.3) is 0 Å². The molecule has 0 atom stereocenters. The third-order valence-corrected chi connectivity index (χ3v) is 5.58. The Kier molecular flexibility index (Phi) is 6.23. The van der Waals surface area contributed by atoms with Crippen LogP contribution in [0.4, 0.5) is 0 Å². The van der Waals surface area contributed by atoms with Gasteiger partial charge in [-0.1, -0.05) is 79.7 Å². The summed E-state index contributed by atoms with van der Waals surface area (Å²) in [6, 6.07) is 12.1. The van der Waals surface area contributed by atoms with Gasteiger partial charge in [-0.3, -0.25) is 0 Å². The minimum Gasteiger partial charge on any atom is -0.508 e. The summed E-state index contributed by atoms with van der Waals surface area (Å²) < 4.78 is 0. The molecule has 28 heavy (non-hydrogen) atoms. The molecule has 0 radical (unpaired) electrons. The minimum atomic E-state index is -0.180. The van der Waals surface area contributed by atoms with E-state index in [2.05, 4.69) is 67.5 Å². The van der Waals surface area contributed by atoms with Crippen LogP contribution in [0.3, 0.4) is 0 Å². The molecule has 2 aromatic carbocycles. The third kappa shape index (κ3) is 5.31. The summed E-state index contributed by atoms with van der Waals surface area (Å²) in [6.07, 6.45) is 2.60. The highest BCUT2D eigenvalue weighted by atomic mass is 16.3. The normalized spacial score (nSPS) is 13.0. The highest BCUT2D eigenvalue weighted by Crippen LogP contribution is 2.40. The van der Waals surface area contributed by atoms with Crippen LogP contribution in [-0.2, 0) is 18.3 Å². The van der Waals surface area contributed by atoms with E-state index in [0.717, 1.165) is 30.4 Å². The number of phenolic OH excluding ortho intramolecular Hbond substituents is 2. The topological polar surface area (TPSA) is 40.5 Å². The van der Waals surface area contributed by atoms with E-state index in [4.69, 9.17) is 0 Å². The number of hydrogen-bond acceptors (Lipinski definition) is 2. The fourth-order valence-electron chi connectivity index (χ4n) is 3.86. The van der Waals surface area contributed by atoms with Gasteiger partial charge < -0.3 is 10.2 Å². The lowest BCUT2D eigenvalue weighted by atomic mass is 9.72. The average Bonchev–Trinajstić information content (AvgIpc) is 2.55. The monoisotopic (exact) mass is 382 g/mol. The van der Waals surface area contributed by atoms with Crippen molar-refractivity contribution in [1.82, 2.24) is 0 Å². The SMILES string of the molecule is CCC(C)(c1ccc(O)c(CC(C)(C)C)c1)c1ccc(O)c(CC(C)(C)C)c1. The molecule has 0 aliphatic rings. The van der Waals surface area contributed by atoms with E-state index in [1.165, 1.54) is 11.1 Å². The third-order valence-electron chi connectivity index (χ3n) is 5.58. The fourth-order valence-corrected chi connectivity index (χ4v) is 3.86. The van der Waals surface area contributed by atoms with Crippen LogP contribution in [0.15, 0.2) is 36.4 Å². The number of phenols is 2. The first kappa shape index (κ1) is 22.3. The molecular weight excluding hydrogens is 344 g/mol. The van der Waals surface area contributed by atoms with E-state index in [1.54, 1.807) is 0 Å². The summed E-state index contributed by atoms with van der Waals surface area (Å²) in [5.74, 6) is 0.743.